The van der Waals surface area contributed by atoms with E-state index in [1.54, 1.807) is 37.3 Å². The molecule has 3 nitrogen and oxygen atoms in total. The lowest BCUT2D eigenvalue weighted by molar-refractivity contribution is 0.103. The lowest BCUT2D eigenvalue weighted by atomic mass is 9.89. The van der Waals surface area contributed by atoms with Crippen LogP contribution in [0.5, 0.6) is 0 Å². The summed E-state index contributed by atoms with van der Waals surface area (Å²) in [4.78, 5) is 26.3. The van der Waals surface area contributed by atoms with Gasteiger partial charge in [0.1, 0.15) is 0 Å². The second-order valence-electron chi connectivity index (χ2n) is 7.45. The number of carbonyl (C=O) groups excluding carboxylic acids is 2. The fourth-order valence-corrected chi connectivity index (χ4v) is 5.80. The standard InChI is InChI=1S/C25H23ClO3P/c1-14-10-9-13-20(26)21(14)25(28)30(29)24-17(4)15(2)22(16(3)18(24)5)23(27)19-11-7-6-8-12-19/h6-13H,1-5H3/q+1. The molecule has 0 saturated carbocycles. The third-order valence-corrected chi connectivity index (χ3v) is 7.66. The van der Waals surface area contributed by atoms with Gasteiger partial charge in [-0.25, -0.2) is 4.79 Å². The average Bonchev–Trinajstić information content (AvgIpc) is 2.72. The van der Waals surface area contributed by atoms with E-state index in [0.717, 1.165) is 11.1 Å². The number of rotatable bonds is 5. The van der Waals surface area contributed by atoms with Crippen LogP contribution in [0.15, 0.2) is 48.5 Å². The maximum atomic E-state index is 13.4. The number of halogens is 1. The predicted molar refractivity (Wildman–Crippen MR) is 123 cm³/mol. The molecule has 1 atom stereocenters. The molecule has 0 aliphatic rings. The smallest absolute Gasteiger partial charge is 0.289 e. The number of hydrogen-bond donors (Lipinski definition) is 0. The van der Waals surface area contributed by atoms with Gasteiger partial charge in [-0.05, 0) is 57.4 Å². The van der Waals surface area contributed by atoms with Crippen LogP contribution in [0.25, 0.3) is 0 Å². The molecule has 5 heteroatoms. The minimum Gasteiger partial charge on any atom is -0.289 e. The molecular formula is C25H23ClO3P+. The number of aryl methyl sites for hydroxylation is 1. The van der Waals surface area contributed by atoms with Gasteiger partial charge in [-0.15, -0.1) is 0 Å². The normalized spacial score (nSPS) is 11.3. The summed E-state index contributed by atoms with van der Waals surface area (Å²) in [6, 6.07) is 14.2. The van der Waals surface area contributed by atoms with Gasteiger partial charge >= 0.3 is 13.3 Å². The van der Waals surface area contributed by atoms with Gasteiger partial charge in [0, 0.05) is 22.3 Å². The van der Waals surface area contributed by atoms with E-state index >= 15 is 0 Å². The minimum absolute atomic E-state index is 0.0770. The first-order chi connectivity index (χ1) is 14.2. The molecule has 0 bridgehead atoms. The molecule has 0 aliphatic heterocycles. The first-order valence-electron chi connectivity index (χ1n) is 9.63. The van der Waals surface area contributed by atoms with Crippen molar-refractivity contribution in [3.63, 3.8) is 0 Å². The molecule has 1 unspecified atom stereocenters. The summed E-state index contributed by atoms with van der Waals surface area (Å²) in [7, 11) is -2.39. The number of benzene rings is 3. The van der Waals surface area contributed by atoms with Crippen LogP contribution in [0.2, 0.25) is 5.02 Å². The summed E-state index contributed by atoms with van der Waals surface area (Å²) in [6.07, 6.45) is 0. The van der Waals surface area contributed by atoms with Gasteiger partial charge in [0.15, 0.2) is 5.78 Å². The van der Waals surface area contributed by atoms with E-state index in [-0.39, 0.29) is 5.78 Å². The van der Waals surface area contributed by atoms with Gasteiger partial charge in [0.25, 0.3) is 0 Å². The van der Waals surface area contributed by atoms with Crippen LogP contribution < -0.4 is 5.30 Å². The van der Waals surface area contributed by atoms with E-state index < -0.39 is 13.3 Å². The van der Waals surface area contributed by atoms with Crippen molar-refractivity contribution >= 4 is 36.0 Å². The van der Waals surface area contributed by atoms with Gasteiger partial charge in [-0.3, -0.25) is 4.79 Å². The van der Waals surface area contributed by atoms with Crippen molar-refractivity contribution in [2.24, 2.45) is 0 Å². The molecule has 0 fully saturated rings. The fourth-order valence-electron chi connectivity index (χ4n) is 3.78. The molecule has 0 amide bonds. The van der Waals surface area contributed by atoms with Crippen molar-refractivity contribution in [1.82, 2.24) is 0 Å². The first-order valence-corrected chi connectivity index (χ1v) is 11.3. The Morgan fingerprint density at radius 3 is 1.83 bits per heavy atom. The SMILES string of the molecule is Cc1cccc(Cl)c1C(=O)[P+](=O)c1c(C)c(C)c(C(=O)c2ccccc2)c(C)c1C. The van der Waals surface area contributed by atoms with E-state index in [1.165, 1.54) is 0 Å². The summed E-state index contributed by atoms with van der Waals surface area (Å²) in [5.41, 5.74) is 4.60. The van der Waals surface area contributed by atoms with E-state index in [2.05, 4.69) is 0 Å². The molecule has 0 saturated heterocycles. The minimum atomic E-state index is -2.39. The van der Waals surface area contributed by atoms with Gasteiger partial charge < -0.3 is 0 Å². The molecule has 0 aromatic heterocycles. The number of ketones is 1. The maximum absolute atomic E-state index is 13.4. The van der Waals surface area contributed by atoms with Gasteiger partial charge in [-0.1, -0.05) is 58.6 Å². The Balaban J connectivity index is 2.15. The van der Waals surface area contributed by atoms with Gasteiger partial charge in [0.2, 0.25) is 5.30 Å². The maximum Gasteiger partial charge on any atom is 0.459 e. The number of carbonyl (C=O) groups is 2. The summed E-state index contributed by atoms with van der Waals surface area (Å²) in [5, 5.41) is 0.789. The van der Waals surface area contributed by atoms with E-state index in [0.29, 0.717) is 43.7 Å². The highest BCUT2D eigenvalue weighted by Gasteiger charge is 2.40. The zero-order valence-electron chi connectivity index (χ0n) is 17.7. The molecule has 0 radical (unpaired) electrons. The Labute approximate surface area is 182 Å². The highest BCUT2D eigenvalue weighted by Crippen LogP contribution is 2.36. The molecule has 0 aliphatic carbocycles. The van der Waals surface area contributed by atoms with Crippen molar-refractivity contribution in [1.29, 1.82) is 0 Å². The van der Waals surface area contributed by atoms with E-state index in [9.17, 15) is 14.2 Å². The Morgan fingerprint density at radius 1 is 0.733 bits per heavy atom. The summed E-state index contributed by atoms with van der Waals surface area (Å²) in [5.74, 6) is -0.0770. The lowest BCUT2D eigenvalue weighted by Gasteiger charge is -2.15. The second kappa shape index (κ2) is 8.63. The van der Waals surface area contributed by atoms with Crippen LogP contribution in [0.1, 0.15) is 54.1 Å². The largest absolute Gasteiger partial charge is 0.459 e. The van der Waals surface area contributed by atoms with Crippen LogP contribution in [0, 0.1) is 34.6 Å². The third-order valence-electron chi connectivity index (χ3n) is 5.67. The Kier molecular flexibility index (Phi) is 6.36. The molecule has 0 N–H and O–H groups in total. The molecular weight excluding hydrogens is 415 g/mol. The summed E-state index contributed by atoms with van der Waals surface area (Å²) >= 11 is 6.24. The van der Waals surface area contributed by atoms with Crippen LogP contribution in [0.4, 0.5) is 0 Å². The van der Waals surface area contributed by atoms with Gasteiger partial charge in [0.05, 0.1) is 10.6 Å². The van der Waals surface area contributed by atoms with Crippen molar-refractivity contribution in [3.8, 4) is 0 Å². The highest BCUT2D eigenvalue weighted by atomic mass is 35.5. The first kappa shape index (κ1) is 22.1. The second-order valence-corrected chi connectivity index (χ2v) is 9.30. The van der Waals surface area contributed by atoms with Crippen molar-refractivity contribution < 1.29 is 14.2 Å². The fraction of sp³-hybridized carbons (Fsp3) is 0.200. The van der Waals surface area contributed by atoms with Crippen molar-refractivity contribution in [2.75, 3.05) is 0 Å². The zero-order chi connectivity index (χ0) is 22.2. The van der Waals surface area contributed by atoms with Crippen molar-refractivity contribution in [2.45, 2.75) is 34.6 Å². The zero-order valence-corrected chi connectivity index (χ0v) is 19.3. The molecule has 0 spiro atoms. The highest BCUT2D eigenvalue weighted by molar-refractivity contribution is 7.71. The quantitative estimate of drug-likeness (QED) is 0.342. The number of hydrogen-bond acceptors (Lipinski definition) is 3. The summed E-state index contributed by atoms with van der Waals surface area (Å²) in [6.45, 7) is 9.10. The molecule has 3 aromatic rings. The third kappa shape index (κ3) is 3.76. The van der Waals surface area contributed by atoms with E-state index in [1.807, 2.05) is 45.9 Å². The molecule has 3 rings (SSSR count). The predicted octanol–water partition coefficient (Wildman–Crippen LogP) is 6.41. The Hall–Kier alpha value is -2.61. The Morgan fingerprint density at radius 2 is 1.30 bits per heavy atom. The Bertz CT molecular complexity index is 1150. The van der Waals surface area contributed by atoms with Crippen LogP contribution in [0.3, 0.4) is 0 Å². The molecule has 30 heavy (non-hydrogen) atoms. The topological polar surface area (TPSA) is 51.2 Å². The monoisotopic (exact) mass is 437 g/mol. The molecule has 152 valence electrons. The summed E-state index contributed by atoms with van der Waals surface area (Å²) < 4.78 is 13.4. The van der Waals surface area contributed by atoms with Crippen molar-refractivity contribution in [3.05, 3.63) is 98.1 Å². The molecule has 0 heterocycles. The van der Waals surface area contributed by atoms with Crippen LogP contribution in [-0.4, -0.2) is 11.3 Å². The molecule has 3 aromatic carbocycles. The van der Waals surface area contributed by atoms with E-state index in [4.69, 9.17) is 11.6 Å². The van der Waals surface area contributed by atoms with Crippen LogP contribution in [-0.2, 0) is 4.57 Å². The lowest BCUT2D eigenvalue weighted by Crippen LogP contribution is -2.20. The average molecular weight is 438 g/mol. The van der Waals surface area contributed by atoms with Crippen LogP contribution >= 0.6 is 19.4 Å². The van der Waals surface area contributed by atoms with Gasteiger partial charge in [-0.2, -0.15) is 0 Å².